The fraction of sp³-hybridized carbons (Fsp3) is 0.278. The zero-order valence-electron chi connectivity index (χ0n) is 15.0. The molecule has 1 N–H and O–H groups in total. The Kier molecular flexibility index (Phi) is 5.60. The summed E-state index contributed by atoms with van der Waals surface area (Å²) >= 11 is 1.44. The van der Waals surface area contributed by atoms with Crippen molar-refractivity contribution in [3.63, 3.8) is 0 Å². The molecule has 2 aromatic heterocycles. The van der Waals surface area contributed by atoms with Crippen molar-refractivity contribution in [2.24, 2.45) is 0 Å². The van der Waals surface area contributed by atoms with Crippen molar-refractivity contribution >= 4 is 28.1 Å². The zero-order chi connectivity index (χ0) is 19.4. The number of carbonyl (C=O) groups excluding carboxylic acids is 1. The van der Waals surface area contributed by atoms with Gasteiger partial charge in [0.15, 0.2) is 5.13 Å². The lowest BCUT2D eigenvalue weighted by molar-refractivity contribution is -0.384. The summed E-state index contributed by atoms with van der Waals surface area (Å²) in [5, 5.41) is 14.7. The minimum Gasteiger partial charge on any atom is -0.300 e. The highest BCUT2D eigenvalue weighted by atomic mass is 32.1. The standard InChI is InChI=1S/C18H19N5O3S/c1-3-5-13-16(4-2)27-18(20-13)21-17(24)12-6-7-14(15(10-12)23(25)26)22-9-8-19-11-22/h6-11H,3-5H2,1-2H3,(H,20,21,24). The van der Waals surface area contributed by atoms with Crippen molar-refractivity contribution in [1.82, 2.24) is 14.5 Å². The topological polar surface area (TPSA) is 103 Å². The Bertz CT molecular complexity index is 966. The number of hydrogen-bond acceptors (Lipinski definition) is 6. The molecule has 9 heteroatoms. The van der Waals surface area contributed by atoms with E-state index in [2.05, 4.69) is 29.1 Å². The number of benzene rings is 1. The Hall–Kier alpha value is -3.07. The number of carbonyl (C=O) groups is 1. The molecule has 3 aromatic rings. The SMILES string of the molecule is CCCc1nc(NC(=O)c2ccc(-n3ccnc3)c([N+](=O)[O-])c2)sc1CC. The summed E-state index contributed by atoms with van der Waals surface area (Å²) in [6, 6.07) is 4.36. The van der Waals surface area contributed by atoms with E-state index in [1.165, 1.54) is 40.6 Å². The minimum absolute atomic E-state index is 0.166. The molecule has 1 amide bonds. The highest BCUT2D eigenvalue weighted by molar-refractivity contribution is 7.15. The number of nitrogens with zero attached hydrogens (tertiary/aromatic N) is 4. The third-order valence-electron chi connectivity index (χ3n) is 4.02. The summed E-state index contributed by atoms with van der Waals surface area (Å²) in [5.74, 6) is -0.422. The number of aromatic nitrogens is 3. The van der Waals surface area contributed by atoms with E-state index in [-0.39, 0.29) is 11.3 Å². The molecule has 0 spiro atoms. The van der Waals surface area contributed by atoms with Crippen LogP contribution in [-0.2, 0) is 12.8 Å². The van der Waals surface area contributed by atoms with Gasteiger partial charge in [-0.2, -0.15) is 0 Å². The Morgan fingerprint density at radius 3 is 2.81 bits per heavy atom. The fourth-order valence-corrected chi connectivity index (χ4v) is 3.69. The first-order valence-corrected chi connectivity index (χ1v) is 9.41. The van der Waals surface area contributed by atoms with E-state index in [9.17, 15) is 14.9 Å². The second-order valence-electron chi connectivity index (χ2n) is 5.88. The summed E-state index contributed by atoms with van der Waals surface area (Å²) in [6.07, 6.45) is 7.31. The summed E-state index contributed by atoms with van der Waals surface area (Å²) in [4.78, 5) is 33.0. The molecule has 2 heterocycles. The molecule has 3 rings (SSSR count). The molecule has 0 atom stereocenters. The average molecular weight is 385 g/mol. The molecule has 8 nitrogen and oxygen atoms in total. The number of anilines is 1. The predicted octanol–water partition coefficient (Wildman–Crippen LogP) is 4.00. The molecule has 0 aliphatic rings. The molecule has 0 saturated heterocycles. The number of thiazole rings is 1. The van der Waals surface area contributed by atoms with Gasteiger partial charge in [-0.15, -0.1) is 11.3 Å². The second-order valence-corrected chi connectivity index (χ2v) is 6.96. The van der Waals surface area contributed by atoms with Crippen molar-refractivity contribution in [3.05, 3.63) is 63.2 Å². The molecule has 0 unspecified atom stereocenters. The lowest BCUT2D eigenvalue weighted by Gasteiger charge is -2.06. The smallest absolute Gasteiger partial charge is 0.294 e. The van der Waals surface area contributed by atoms with Gasteiger partial charge >= 0.3 is 0 Å². The Balaban J connectivity index is 1.87. The number of nitro benzene ring substituents is 1. The first kappa shape index (κ1) is 18.7. The molecule has 1 aromatic carbocycles. The van der Waals surface area contributed by atoms with Crippen molar-refractivity contribution in [2.75, 3.05) is 5.32 Å². The van der Waals surface area contributed by atoms with E-state index in [4.69, 9.17) is 0 Å². The number of aryl methyl sites for hydroxylation is 2. The largest absolute Gasteiger partial charge is 0.300 e. The van der Waals surface area contributed by atoms with Gasteiger partial charge in [0.05, 0.1) is 16.9 Å². The first-order valence-electron chi connectivity index (χ1n) is 8.60. The van der Waals surface area contributed by atoms with E-state index >= 15 is 0 Å². The van der Waals surface area contributed by atoms with Crippen LogP contribution in [0, 0.1) is 10.1 Å². The molecular formula is C18H19N5O3S. The van der Waals surface area contributed by atoms with Crippen LogP contribution in [0.15, 0.2) is 36.9 Å². The number of nitro groups is 1. The molecule has 27 heavy (non-hydrogen) atoms. The van der Waals surface area contributed by atoms with Crippen molar-refractivity contribution in [1.29, 1.82) is 0 Å². The molecule has 140 valence electrons. The normalized spacial score (nSPS) is 10.7. The number of imidazole rings is 1. The lowest BCUT2D eigenvalue weighted by Crippen LogP contribution is -2.12. The van der Waals surface area contributed by atoms with Crippen LogP contribution in [0.2, 0.25) is 0 Å². The Morgan fingerprint density at radius 2 is 2.19 bits per heavy atom. The van der Waals surface area contributed by atoms with Crippen molar-refractivity contribution < 1.29 is 9.72 Å². The summed E-state index contributed by atoms with van der Waals surface area (Å²) in [6.45, 7) is 4.13. The maximum absolute atomic E-state index is 12.6. The lowest BCUT2D eigenvalue weighted by atomic mass is 10.1. The summed E-state index contributed by atoms with van der Waals surface area (Å²) in [7, 11) is 0. The molecule has 0 saturated carbocycles. The summed E-state index contributed by atoms with van der Waals surface area (Å²) in [5.41, 5.74) is 1.39. The van der Waals surface area contributed by atoms with E-state index < -0.39 is 10.8 Å². The Labute approximate surface area is 160 Å². The second kappa shape index (κ2) is 8.09. The van der Waals surface area contributed by atoms with Crippen LogP contribution in [0.3, 0.4) is 0 Å². The molecule has 0 aliphatic heterocycles. The van der Waals surface area contributed by atoms with Crippen LogP contribution in [0.25, 0.3) is 5.69 Å². The van der Waals surface area contributed by atoms with E-state index in [0.717, 1.165) is 29.8 Å². The van der Waals surface area contributed by atoms with Gasteiger partial charge in [0, 0.05) is 28.9 Å². The van der Waals surface area contributed by atoms with Gasteiger partial charge in [0.2, 0.25) is 0 Å². The number of hydrogen-bond donors (Lipinski definition) is 1. The van der Waals surface area contributed by atoms with Crippen LogP contribution in [0.1, 0.15) is 41.2 Å². The molecule has 0 aliphatic carbocycles. The van der Waals surface area contributed by atoms with E-state index in [1.807, 2.05) is 0 Å². The highest BCUT2D eigenvalue weighted by Gasteiger charge is 2.20. The zero-order valence-corrected chi connectivity index (χ0v) is 15.8. The van der Waals surface area contributed by atoms with Crippen LogP contribution in [-0.4, -0.2) is 25.4 Å². The van der Waals surface area contributed by atoms with E-state index in [1.54, 1.807) is 12.3 Å². The van der Waals surface area contributed by atoms with Gasteiger partial charge < -0.3 is 4.57 Å². The van der Waals surface area contributed by atoms with Gasteiger partial charge in [-0.3, -0.25) is 20.2 Å². The van der Waals surface area contributed by atoms with Crippen LogP contribution in [0.5, 0.6) is 0 Å². The minimum atomic E-state index is -0.510. The quantitative estimate of drug-likeness (QED) is 0.489. The van der Waals surface area contributed by atoms with Crippen LogP contribution < -0.4 is 5.32 Å². The fourth-order valence-electron chi connectivity index (χ4n) is 2.75. The Morgan fingerprint density at radius 1 is 1.37 bits per heavy atom. The first-order chi connectivity index (χ1) is 13.0. The molecular weight excluding hydrogens is 366 g/mol. The van der Waals surface area contributed by atoms with E-state index in [0.29, 0.717) is 10.8 Å². The highest BCUT2D eigenvalue weighted by Crippen LogP contribution is 2.27. The van der Waals surface area contributed by atoms with Crippen molar-refractivity contribution in [2.45, 2.75) is 33.1 Å². The van der Waals surface area contributed by atoms with Gasteiger partial charge in [-0.25, -0.2) is 9.97 Å². The molecule has 0 radical (unpaired) electrons. The maximum Gasteiger partial charge on any atom is 0.294 e. The van der Waals surface area contributed by atoms with Crippen molar-refractivity contribution in [3.8, 4) is 5.69 Å². The third-order valence-corrected chi connectivity index (χ3v) is 5.18. The summed E-state index contributed by atoms with van der Waals surface area (Å²) < 4.78 is 1.53. The average Bonchev–Trinajstić information content (AvgIpc) is 3.31. The van der Waals surface area contributed by atoms with Gasteiger partial charge in [-0.05, 0) is 25.0 Å². The monoisotopic (exact) mass is 385 g/mol. The molecule has 0 fully saturated rings. The molecule has 0 bridgehead atoms. The van der Waals surface area contributed by atoms with Gasteiger partial charge in [0.1, 0.15) is 5.69 Å². The third kappa shape index (κ3) is 4.03. The number of nitrogens with one attached hydrogen (secondary N) is 1. The van der Waals surface area contributed by atoms with Gasteiger partial charge in [0.25, 0.3) is 11.6 Å². The van der Waals surface area contributed by atoms with Crippen LogP contribution >= 0.6 is 11.3 Å². The number of amides is 1. The predicted molar refractivity (Wildman–Crippen MR) is 104 cm³/mol. The van der Waals surface area contributed by atoms with Gasteiger partial charge in [-0.1, -0.05) is 20.3 Å². The maximum atomic E-state index is 12.6. The number of rotatable bonds is 7. The van der Waals surface area contributed by atoms with Crippen LogP contribution in [0.4, 0.5) is 10.8 Å².